The van der Waals surface area contributed by atoms with E-state index in [1.807, 2.05) is 36.4 Å². The van der Waals surface area contributed by atoms with Gasteiger partial charge >= 0.3 is 0 Å². The highest BCUT2D eigenvalue weighted by atomic mass is 15.0. The molecule has 7 aromatic rings. The number of para-hydroxylation sites is 2. The number of nitrogens with zero attached hydrogens (tertiary/aromatic N) is 3. The molecule has 0 fully saturated rings. The van der Waals surface area contributed by atoms with Crippen molar-refractivity contribution in [1.82, 2.24) is 14.5 Å². The minimum absolute atomic E-state index is 0.735. The van der Waals surface area contributed by atoms with E-state index < -0.39 is 0 Å². The Labute approximate surface area is 251 Å². The molecule has 0 N–H and O–H groups in total. The lowest BCUT2D eigenvalue weighted by atomic mass is 9.94. The van der Waals surface area contributed by atoms with Crippen molar-refractivity contribution < 1.29 is 0 Å². The van der Waals surface area contributed by atoms with Gasteiger partial charge in [0.1, 0.15) is 0 Å². The number of aromatic nitrogens is 3. The average molecular weight is 552 g/mol. The second-order valence-electron chi connectivity index (χ2n) is 11.0. The normalized spacial score (nSPS) is 13.2. The van der Waals surface area contributed by atoms with Crippen molar-refractivity contribution in [1.29, 1.82) is 0 Å². The Morgan fingerprint density at radius 1 is 0.442 bits per heavy atom. The molecule has 8 rings (SSSR count). The molecule has 2 heterocycles. The molecule has 0 bridgehead atoms. The lowest BCUT2D eigenvalue weighted by Crippen LogP contribution is -2.01. The summed E-state index contributed by atoms with van der Waals surface area (Å²) in [5, 5.41) is 2.61. The molecule has 204 valence electrons. The van der Waals surface area contributed by atoms with Crippen LogP contribution in [0.25, 0.3) is 67.0 Å². The minimum atomic E-state index is 0.735. The van der Waals surface area contributed by atoms with E-state index in [0.717, 1.165) is 46.7 Å². The van der Waals surface area contributed by atoms with Crippen molar-refractivity contribution >= 4 is 33.1 Å². The van der Waals surface area contributed by atoms with Crippen LogP contribution in [0.15, 0.2) is 152 Å². The largest absolute Gasteiger partial charge is 0.313 e. The zero-order valence-electron chi connectivity index (χ0n) is 23.7. The van der Waals surface area contributed by atoms with Gasteiger partial charge in [-0.15, -0.1) is 0 Å². The van der Waals surface area contributed by atoms with Gasteiger partial charge in [0.15, 0.2) is 5.82 Å². The van der Waals surface area contributed by atoms with Crippen LogP contribution in [0, 0.1) is 0 Å². The van der Waals surface area contributed by atoms with E-state index >= 15 is 0 Å². The predicted molar refractivity (Wildman–Crippen MR) is 179 cm³/mol. The monoisotopic (exact) mass is 551 g/mol. The molecule has 0 aliphatic heterocycles. The van der Waals surface area contributed by atoms with E-state index in [1.54, 1.807) is 0 Å². The van der Waals surface area contributed by atoms with Gasteiger partial charge in [-0.1, -0.05) is 127 Å². The van der Waals surface area contributed by atoms with E-state index in [-0.39, 0.29) is 0 Å². The maximum Gasteiger partial charge on any atom is 0.160 e. The van der Waals surface area contributed by atoms with E-state index in [1.165, 1.54) is 38.6 Å². The summed E-state index contributed by atoms with van der Waals surface area (Å²) in [6, 6.07) is 48.9. The first kappa shape index (κ1) is 25.2. The molecule has 1 aliphatic rings. The fourth-order valence-corrected chi connectivity index (χ4v) is 6.21. The Hall–Kier alpha value is -5.54. The van der Waals surface area contributed by atoms with Crippen molar-refractivity contribution in [2.45, 2.75) is 12.8 Å². The number of hydrogen-bond donors (Lipinski definition) is 0. The Morgan fingerprint density at radius 3 is 1.53 bits per heavy atom. The lowest BCUT2D eigenvalue weighted by Gasteiger charge is -2.18. The fraction of sp³-hybridized carbons (Fsp3) is 0.0500. The van der Waals surface area contributed by atoms with Crippen molar-refractivity contribution in [2.24, 2.45) is 0 Å². The first-order valence-corrected chi connectivity index (χ1v) is 14.8. The number of hydrogen-bond acceptors (Lipinski definition) is 2. The number of allylic oxidation sites excluding steroid dienone is 4. The van der Waals surface area contributed by atoms with Crippen molar-refractivity contribution in [3.63, 3.8) is 0 Å². The third-order valence-corrected chi connectivity index (χ3v) is 8.37. The molecule has 0 amide bonds. The van der Waals surface area contributed by atoms with Gasteiger partial charge in [-0.05, 0) is 48.3 Å². The van der Waals surface area contributed by atoms with Gasteiger partial charge in [0, 0.05) is 33.2 Å². The summed E-state index contributed by atoms with van der Waals surface area (Å²) < 4.78 is 2.44. The number of rotatable bonds is 5. The fourth-order valence-electron chi connectivity index (χ4n) is 6.21. The maximum atomic E-state index is 4.99. The lowest BCUT2D eigenvalue weighted by molar-refractivity contribution is 0.992. The van der Waals surface area contributed by atoms with Gasteiger partial charge in [-0.2, -0.15) is 0 Å². The highest BCUT2D eigenvalue weighted by molar-refractivity contribution is 6.10. The van der Waals surface area contributed by atoms with Gasteiger partial charge in [-0.25, -0.2) is 9.97 Å². The Morgan fingerprint density at radius 2 is 0.953 bits per heavy atom. The van der Waals surface area contributed by atoms with Crippen LogP contribution >= 0.6 is 0 Å². The third kappa shape index (κ3) is 4.65. The molecule has 0 atom stereocenters. The SMILES string of the molecule is C1=C(c2ccc(-c3cc(-c4ccccc4)nc(-c4ccccc4)n3)cc2)CCC(n2c3ccccc3c3ccccc32)=C1. The Balaban J connectivity index is 1.14. The van der Waals surface area contributed by atoms with Crippen LogP contribution in [0.2, 0.25) is 0 Å². The van der Waals surface area contributed by atoms with Crippen LogP contribution in [-0.2, 0) is 0 Å². The van der Waals surface area contributed by atoms with E-state index in [4.69, 9.17) is 9.97 Å². The molecule has 5 aromatic carbocycles. The van der Waals surface area contributed by atoms with Crippen molar-refractivity contribution in [3.05, 3.63) is 157 Å². The first-order chi connectivity index (χ1) is 21.3. The molecule has 2 aromatic heterocycles. The molecule has 0 saturated carbocycles. The molecule has 0 saturated heterocycles. The maximum absolute atomic E-state index is 4.99. The van der Waals surface area contributed by atoms with Crippen LogP contribution in [0.4, 0.5) is 0 Å². The van der Waals surface area contributed by atoms with Crippen LogP contribution in [-0.4, -0.2) is 14.5 Å². The number of benzene rings is 5. The van der Waals surface area contributed by atoms with Gasteiger partial charge in [0.2, 0.25) is 0 Å². The summed E-state index contributed by atoms with van der Waals surface area (Å²) in [6.45, 7) is 0. The standard InChI is InChI=1S/C40H29N3/c1-3-11-30(12-4-1)36-27-37(42-40(41-36)32-13-5-2-6-14-32)31-21-19-28(20-22-31)29-23-25-33(26-24-29)43-38-17-9-7-15-34(38)35-16-8-10-18-39(35)43/h1-23,25,27H,24,26H2. The molecule has 3 nitrogen and oxygen atoms in total. The van der Waals surface area contributed by atoms with Gasteiger partial charge in [0.05, 0.1) is 22.4 Å². The van der Waals surface area contributed by atoms with E-state index in [2.05, 4.69) is 120 Å². The first-order valence-electron chi connectivity index (χ1n) is 14.8. The second kappa shape index (κ2) is 10.7. The molecular formula is C40H29N3. The van der Waals surface area contributed by atoms with Crippen LogP contribution in [0.3, 0.4) is 0 Å². The smallest absolute Gasteiger partial charge is 0.160 e. The average Bonchev–Trinajstić information content (AvgIpc) is 3.43. The molecule has 43 heavy (non-hydrogen) atoms. The summed E-state index contributed by atoms with van der Waals surface area (Å²) in [4.78, 5) is 9.92. The molecule has 1 aliphatic carbocycles. The van der Waals surface area contributed by atoms with Crippen LogP contribution < -0.4 is 0 Å². The summed E-state index contributed by atoms with van der Waals surface area (Å²) in [5.74, 6) is 0.735. The second-order valence-corrected chi connectivity index (χ2v) is 11.0. The summed E-state index contributed by atoms with van der Waals surface area (Å²) in [5.41, 5.74) is 11.5. The minimum Gasteiger partial charge on any atom is -0.313 e. The summed E-state index contributed by atoms with van der Waals surface area (Å²) in [6.07, 6.45) is 6.58. The quantitative estimate of drug-likeness (QED) is 0.213. The van der Waals surface area contributed by atoms with Crippen LogP contribution in [0.1, 0.15) is 18.4 Å². The summed E-state index contributed by atoms with van der Waals surface area (Å²) >= 11 is 0. The molecular weight excluding hydrogens is 522 g/mol. The van der Waals surface area contributed by atoms with E-state index in [9.17, 15) is 0 Å². The highest BCUT2D eigenvalue weighted by Gasteiger charge is 2.16. The highest BCUT2D eigenvalue weighted by Crippen LogP contribution is 2.37. The third-order valence-electron chi connectivity index (χ3n) is 8.37. The van der Waals surface area contributed by atoms with Crippen LogP contribution in [0.5, 0.6) is 0 Å². The van der Waals surface area contributed by atoms with Gasteiger partial charge in [-0.3, -0.25) is 0 Å². The molecule has 0 spiro atoms. The summed E-state index contributed by atoms with van der Waals surface area (Å²) in [7, 11) is 0. The molecule has 3 heteroatoms. The topological polar surface area (TPSA) is 30.7 Å². The zero-order chi connectivity index (χ0) is 28.6. The molecule has 0 unspecified atom stereocenters. The Bertz CT molecular complexity index is 2040. The molecule has 0 radical (unpaired) electrons. The predicted octanol–water partition coefficient (Wildman–Crippen LogP) is 10.3. The van der Waals surface area contributed by atoms with Crippen molar-refractivity contribution in [2.75, 3.05) is 0 Å². The van der Waals surface area contributed by atoms with E-state index in [0.29, 0.717) is 0 Å². The zero-order valence-corrected chi connectivity index (χ0v) is 23.7. The van der Waals surface area contributed by atoms with Crippen molar-refractivity contribution in [3.8, 4) is 33.9 Å². The number of fused-ring (bicyclic) bond motifs is 3. The Kier molecular flexibility index (Phi) is 6.27. The van der Waals surface area contributed by atoms with Gasteiger partial charge in [0.25, 0.3) is 0 Å². The van der Waals surface area contributed by atoms with Gasteiger partial charge < -0.3 is 4.57 Å².